The third-order valence-electron chi connectivity index (χ3n) is 0. The van der Waals surface area contributed by atoms with Crippen LogP contribution in [0.25, 0.3) is 0 Å². The Balaban J connectivity index is 0. The van der Waals surface area contributed by atoms with Gasteiger partial charge in [0.2, 0.25) is 0 Å². The Morgan fingerprint density at radius 3 is 0.250 bits per heavy atom. The van der Waals surface area contributed by atoms with Gasteiger partial charge in [0.15, 0.2) is 0 Å². The Labute approximate surface area is 84.3 Å². The van der Waals surface area contributed by atoms with Crippen LogP contribution in [0.4, 0.5) is 0 Å². The first-order valence-corrected chi connectivity index (χ1v) is 0. The Hall–Kier alpha value is 1.10. The molecule has 0 aliphatic carbocycles. The molecular weight excluding hydrogens is 173 g/mol. The van der Waals surface area contributed by atoms with Crippen LogP contribution in [-0.2, 0) is 32.7 Å². The summed E-state index contributed by atoms with van der Waals surface area (Å²) in [6.45, 7) is 0. The van der Waals surface area contributed by atoms with E-state index in [2.05, 4.69) is 0 Å². The Morgan fingerprint density at radius 1 is 0.250 bits per heavy atom. The van der Waals surface area contributed by atoms with Crippen LogP contribution in [0, 0.1) is 0 Å². The van der Waals surface area contributed by atoms with E-state index >= 15 is 0 Å². The first-order valence-electron chi connectivity index (χ1n) is 0. The topological polar surface area (TPSA) is 0 Å². The summed E-state index contributed by atoms with van der Waals surface area (Å²) < 4.78 is 0. The fourth-order valence-corrected chi connectivity index (χ4v) is 0. The second-order valence-electron chi connectivity index (χ2n) is 0. The second-order valence-corrected chi connectivity index (χ2v) is 0. The summed E-state index contributed by atoms with van der Waals surface area (Å²) in [6.07, 6.45) is 0. The summed E-state index contributed by atoms with van der Waals surface area (Å²) in [4.78, 5) is 0. The fraction of sp³-hybridized carbons (Fsp3) is 1.00. The molecule has 0 amide bonds. The van der Waals surface area contributed by atoms with Crippen molar-refractivity contribution in [1.29, 1.82) is 0 Å². The van der Waals surface area contributed by atoms with Gasteiger partial charge in [-0.2, -0.15) is 0 Å². The average Bonchev–Trinajstić information content (AvgIpc) is 0. The molecule has 0 bridgehead atoms. The van der Waals surface area contributed by atoms with Crippen LogP contribution < -0.4 is 0 Å². The van der Waals surface area contributed by atoms with Gasteiger partial charge in [0.05, 0.1) is 0 Å². The van der Waals surface area contributed by atoms with Gasteiger partial charge in [0, 0.05) is 32.7 Å². The van der Waals surface area contributed by atoms with E-state index in [0.29, 0.717) is 0 Å². The zero-order valence-electron chi connectivity index (χ0n) is 0.577. The SMILES string of the molecule is C.C.C.C.C.C.C.[Y]. The summed E-state index contributed by atoms with van der Waals surface area (Å²) in [5.41, 5.74) is 0. The molecule has 0 nitrogen and oxygen atoms in total. The molecular formula is C7H28Y. The van der Waals surface area contributed by atoms with E-state index in [1.807, 2.05) is 0 Å². The van der Waals surface area contributed by atoms with E-state index < -0.39 is 0 Å². The molecule has 0 atom stereocenters. The van der Waals surface area contributed by atoms with Crippen molar-refractivity contribution in [3.8, 4) is 0 Å². The molecule has 8 heavy (non-hydrogen) atoms. The predicted molar refractivity (Wildman–Crippen MR) is 47.1 cm³/mol. The zero-order valence-corrected chi connectivity index (χ0v) is 3.42. The minimum absolute atomic E-state index is 0. The Morgan fingerprint density at radius 2 is 0.250 bits per heavy atom. The molecule has 0 aromatic rings. The zero-order chi connectivity index (χ0) is 0. The third kappa shape index (κ3) is 217. The molecule has 0 aliphatic rings. The van der Waals surface area contributed by atoms with Crippen LogP contribution in [0.1, 0.15) is 52.0 Å². The van der Waals surface area contributed by atoms with Crippen LogP contribution in [-0.4, -0.2) is 0 Å². The Bertz CT molecular complexity index is 4.35. The first kappa shape index (κ1) is 491. The molecule has 0 unspecified atom stereocenters. The van der Waals surface area contributed by atoms with Crippen molar-refractivity contribution in [1.82, 2.24) is 0 Å². The van der Waals surface area contributed by atoms with Gasteiger partial charge < -0.3 is 0 Å². The van der Waals surface area contributed by atoms with Crippen molar-refractivity contribution in [2.75, 3.05) is 0 Å². The molecule has 1 radical (unpaired) electrons. The second kappa shape index (κ2) is 336. The molecule has 0 N–H and O–H groups in total. The van der Waals surface area contributed by atoms with Gasteiger partial charge in [-0.15, -0.1) is 0 Å². The van der Waals surface area contributed by atoms with Crippen LogP contribution >= 0.6 is 0 Å². The number of rotatable bonds is 0. The molecule has 0 saturated heterocycles. The summed E-state index contributed by atoms with van der Waals surface area (Å²) in [6, 6.07) is 0. The summed E-state index contributed by atoms with van der Waals surface area (Å²) in [7, 11) is 0. The van der Waals surface area contributed by atoms with Gasteiger partial charge in [-0.3, -0.25) is 0 Å². The summed E-state index contributed by atoms with van der Waals surface area (Å²) in [5, 5.41) is 0. The van der Waals surface area contributed by atoms with Gasteiger partial charge in [-0.1, -0.05) is 52.0 Å². The van der Waals surface area contributed by atoms with Gasteiger partial charge in [0.25, 0.3) is 0 Å². The van der Waals surface area contributed by atoms with Crippen LogP contribution in [0.15, 0.2) is 0 Å². The molecule has 0 aromatic heterocycles. The molecule has 59 valence electrons. The minimum atomic E-state index is 0. The van der Waals surface area contributed by atoms with Crippen molar-refractivity contribution < 1.29 is 32.7 Å². The van der Waals surface area contributed by atoms with E-state index in [9.17, 15) is 0 Å². The number of hydrogen-bond acceptors (Lipinski definition) is 0. The van der Waals surface area contributed by atoms with Crippen molar-refractivity contribution in [2.24, 2.45) is 0 Å². The van der Waals surface area contributed by atoms with Gasteiger partial charge in [-0.05, 0) is 0 Å². The van der Waals surface area contributed by atoms with Crippen molar-refractivity contribution in [2.45, 2.75) is 52.0 Å². The summed E-state index contributed by atoms with van der Waals surface area (Å²) >= 11 is 0. The largest absolute Gasteiger partial charge is 0.0776 e. The molecule has 0 heterocycles. The third-order valence-corrected chi connectivity index (χ3v) is 0. The fourth-order valence-electron chi connectivity index (χ4n) is 0. The standard InChI is InChI=1S/7CH4.Y/h7*1H4;. The maximum atomic E-state index is 0. The van der Waals surface area contributed by atoms with Crippen molar-refractivity contribution in [3.05, 3.63) is 0 Å². The van der Waals surface area contributed by atoms with Gasteiger partial charge >= 0.3 is 0 Å². The molecule has 0 aliphatic heterocycles. The van der Waals surface area contributed by atoms with Gasteiger partial charge in [0.1, 0.15) is 0 Å². The maximum Gasteiger partial charge on any atom is 0 e. The average molecular weight is 201 g/mol. The van der Waals surface area contributed by atoms with Crippen LogP contribution in [0.3, 0.4) is 0 Å². The Kier molecular flexibility index (Phi) is 20600. The minimum Gasteiger partial charge on any atom is -0.0776 e. The molecule has 0 spiro atoms. The molecule has 1 heteroatoms. The maximum absolute atomic E-state index is 0. The summed E-state index contributed by atoms with van der Waals surface area (Å²) in [5.74, 6) is 0. The monoisotopic (exact) mass is 201 g/mol. The molecule has 0 rings (SSSR count). The van der Waals surface area contributed by atoms with Crippen molar-refractivity contribution >= 4 is 0 Å². The predicted octanol–water partition coefficient (Wildman–Crippen LogP) is 4.45. The normalized spacial score (nSPS) is 0. The number of hydrogen-bond donors (Lipinski definition) is 0. The van der Waals surface area contributed by atoms with Crippen molar-refractivity contribution in [3.63, 3.8) is 0 Å². The van der Waals surface area contributed by atoms with E-state index in [-0.39, 0.29) is 84.7 Å². The van der Waals surface area contributed by atoms with E-state index in [1.54, 1.807) is 0 Å². The quantitative estimate of drug-likeness (QED) is 0.543. The van der Waals surface area contributed by atoms with Gasteiger partial charge in [-0.25, -0.2) is 0 Å². The molecule has 0 aromatic carbocycles. The van der Waals surface area contributed by atoms with Crippen LogP contribution in [0.5, 0.6) is 0 Å². The van der Waals surface area contributed by atoms with Crippen LogP contribution in [0.2, 0.25) is 0 Å². The van der Waals surface area contributed by atoms with E-state index in [1.165, 1.54) is 0 Å². The van der Waals surface area contributed by atoms with E-state index in [0.717, 1.165) is 0 Å². The molecule has 0 saturated carbocycles. The van der Waals surface area contributed by atoms with E-state index in [4.69, 9.17) is 0 Å². The smallest absolute Gasteiger partial charge is 0 e. The molecule has 0 fully saturated rings. The first-order chi connectivity index (χ1) is 0.